The second-order valence-electron chi connectivity index (χ2n) is 14.9. The fourth-order valence-electron chi connectivity index (χ4n) is 5.75. The second kappa shape index (κ2) is 47.5. The second-order valence-corrected chi connectivity index (χ2v) is 14.9. The summed E-state index contributed by atoms with van der Waals surface area (Å²) < 4.78 is 16.5. The van der Waals surface area contributed by atoms with Gasteiger partial charge in [0.05, 0.1) is 0 Å². The van der Waals surface area contributed by atoms with Crippen molar-refractivity contribution < 1.29 is 28.6 Å². The largest absolute Gasteiger partial charge is 0.462 e. The first-order valence-electron chi connectivity index (χ1n) is 23.5. The Hall–Kier alpha value is -4.19. The van der Waals surface area contributed by atoms with E-state index in [1.807, 2.05) is 12.2 Å². The molecule has 0 aliphatic heterocycles. The monoisotopic (exact) mass is 829 g/mol. The Morgan fingerprint density at radius 3 is 1.08 bits per heavy atom. The molecule has 0 radical (unpaired) electrons. The van der Waals surface area contributed by atoms with Gasteiger partial charge in [0.15, 0.2) is 6.10 Å². The predicted octanol–water partition coefficient (Wildman–Crippen LogP) is 15.4. The number of esters is 3. The quantitative estimate of drug-likeness (QED) is 0.0265. The van der Waals surface area contributed by atoms with Crippen LogP contribution in [-0.2, 0) is 28.6 Å². The lowest BCUT2D eigenvalue weighted by molar-refractivity contribution is -0.166. The lowest BCUT2D eigenvalue weighted by atomic mass is 10.1. The first-order valence-corrected chi connectivity index (χ1v) is 23.5. The standard InChI is InChI=1S/C54H84O6/c1-4-7-10-13-16-18-20-22-23-24-25-26-27-28-29-30-31-33-34-36-38-41-44-47-53(56)59-50-51(49-58-52(55)46-43-40-15-12-9-6-3)60-54(57)48-45-42-39-37-35-32-21-19-17-14-11-8-5-2/h7-8,10-11,16-19,22-23,25-26,28-29,31-33,35,39,42,51H,4-6,9,12-15,20-21,24,27,30,34,36-38,40-41,43-50H2,1-3H3/b10-7-,11-8-,18-16-,19-17-,23-22-,26-25-,29-28-,33-31-,35-32-,42-39-. The third kappa shape index (κ3) is 44.9. The van der Waals surface area contributed by atoms with E-state index in [2.05, 4.69) is 130 Å². The Morgan fingerprint density at radius 2 is 0.683 bits per heavy atom. The lowest BCUT2D eigenvalue weighted by Gasteiger charge is -2.18. The molecule has 6 nitrogen and oxygen atoms in total. The Kier molecular flexibility index (Phi) is 44.2. The molecule has 0 amide bonds. The van der Waals surface area contributed by atoms with E-state index in [1.165, 1.54) is 19.3 Å². The number of unbranched alkanes of at least 4 members (excludes halogenated alkanes) is 9. The average molecular weight is 829 g/mol. The maximum Gasteiger partial charge on any atom is 0.306 e. The van der Waals surface area contributed by atoms with Crippen molar-refractivity contribution in [2.75, 3.05) is 13.2 Å². The van der Waals surface area contributed by atoms with Crippen LogP contribution in [0.2, 0.25) is 0 Å². The predicted molar refractivity (Wildman–Crippen MR) is 256 cm³/mol. The van der Waals surface area contributed by atoms with Crippen LogP contribution in [0, 0.1) is 0 Å². The van der Waals surface area contributed by atoms with Crippen LogP contribution in [0.1, 0.15) is 181 Å². The molecular weight excluding hydrogens is 745 g/mol. The highest BCUT2D eigenvalue weighted by Crippen LogP contribution is 2.11. The summed E-state index contributed by atoms with van der Waals surface area (Å²) in [4.78, 5) is 37.6. The third-order valence-electron chi connectivity index (χ3n) is 9.23. The van der Waals surface area contributed by atoms with Crippen LogP contribution in [0.4, 0.5) is 0 Å². The van der Waals surface area contributed by atoms with E-state index in [0.717, 1.165) is 116 Å². The molecule has 0 aromatic carbocycles. The zero-order valence-electron chi connectivity index (χ0n) is 38.2. The summed E-state index contributed by atoms with van der Waals surface area (Å²) in [6.45, 7) is 6.22. The lowest BCUT2D eigenvalue weighted by Crippen LogP contribution is -2.30. The fourth-order valence-corrected chi connectivity index (χ4v) is 5.75. The summed E-state index contributed by atoms with van der Waals surface area (Å²) in [6.07, 6.45) is 65.1. The number of carbonyl (C=O) groups excluding carboxylic acids is 3. The van der Waals surface area contributed by atoms with Crippen LogP contribution >= 0.6 is 0 Å². The zero-order chi connectivity index (χ0) is 43.7. The van der Waals surface area contributed by atoms with Gasteiger partial charge in [-0.05, 0) is 96.3 Å². The van der Waals surface area contributed by atoms with Gasteiger partial charge in [-0.15, -0.1) is 0 Å². The van der Waals surface area contributed by atoms with Gasteiger partial charge in [-0.2, -0.15) is 0 Å². The first kappa shape index (κ1) is 55.8. The van der Waals surface area contributed by atoms with Crippen LogP contribution < -0.4 is 0 Å². The SMILES string of the molecule is CC/C=C\C/C=C\C/C=C\C/C=C\C/C=C\C/C=C\CCCCCCC(=O)OCC(COC(=O)CCCCCCCC)OC(=O)CC/C=C\C/C=C\C/C=C\C/C=C\CC. The van der Waals surface area contributed by atoms with Gasteiger partial charge < -0.3 is 14.2 Å². The van der Waals surface area contributed by atoms with E-state index in [0.29, 0.717) is 19.3 Å². The van der Waals surface area contributed by atoms with Crippen molar-refractivity contribution in [1.82, 2.24) is 0 Å². The van der Waals surface area contributed by atoms with Crippen LogP contribution in [0.25, 0.3) is 0 Å². The van der Waals surface area contributed by atoms with Gasteiger partial charge in [-0.25, -0.2) is 0 Å². The first-order chi connectivity index (χ1) is 29.5. The molecule has 0 aliphatic rings. The number of rotatable bonds is 40. The molecule has 0 rings (SSSR count). The molecule has 336 valence electrons. The number of ether oxygens (including phenoxy) is 3. The van der Waals surface area contributed by atoms with E-state index in [-0.39, 0.29) is 31.6 Å². The van der Waals surface area contributed by atoms with Crippen LogP contribution in [0.5, 0.6) is 0 Å². The summed E-state index contributed by atoms with van der Waals surface area (Å²) in [5.41, 5.74) is 0. The molecule has 0 aromatic heterocycles. The third-order valence-corrected chi connectivity index (χ3v) is 9.23. The summed E-state index contributed by atoms with van der Waals surface area (Å²) >= 11 is 0. The number of hydrogen-bond donors (Lipinski definition) is 0. The topological polar surface area (TPSA) is 78.9 Å². The number of carbonyl (C=O) groups is 3. The molecule has 0 aliphatic carbocycles. The van der Waals surface area contributed by atoms with Crippen molar-refractivity contribution in [1.29, 1.82) is 0 Å². The highest BCUT2D eigenvalue weighted by atomic mass is 16.6. The van der Waals surface area contributed by atoms with E-state index in [4.69, 9.17) is 14.2 Å². The summed E-state index contributed by atoms with van der Waals surface area (Å²) in [6, 6.07) is 0. The van der Waals surface area contributed by atoms with Crippen molar-refractivity contribution in [3.8, 4) is 0 Å². The highest BCUT2D eigenvalue weighted by Gasteiger charge is 2.19. The molecule has 0 spiro atoms. The Morgan fingerprint density at radius 1 is 0.350 bits per heavy atom. The van der Waals surface area contributed by atoms with Gasteiger partial charge >= 0.3 is 17.9 Å². The molecule has 0 saturated carbocycles. The van der Waals surface area contributed by atoms with Gasteiger partial charge in [-0.1, -0.05) is 187 Å². The molecule has 0 fully saturated rings. The summed E-state index contributed by atoms with van der Waals surface area (Å²) in [5, 5.41) is 0. The minimum Gasteiger partial charge on any atom is -0.462 e. The fraction of sp³-hybridized carbons (Fsp3) is 0.574. The van der Waals surface area contributed by atoms with Gasteiger partial charge in [0, 0.05) is 19.3 Å². The molecule has 0 aromatic rings. The van der Waals surface area contributed by atoms with Crippen molar-refractivity contribution in [3.05, 3.63) is 122 Å². The molecule has 0 N–H and O–H groups in total. The average Bonchev–Trinajstić information content (AvgIpc) is 3.24. The van der Waals surface area contributed by atoms with E-state index >= 15 is 0 Å². The van der Waals surface area contributed by atoms with Crippen LogP contribution in [0.15, 0.2) is 122 Å². The maximum absolute atomic E-state index is 12.6. The molecule has 1 atom stereocenters. The Bertz CT molecular complexity index is 1320. The van der Waals surface area contributed by atoms with Crippen molar-refractivity contribution in [2.24, 2.45) is 0 Å². The van der Waals surface area contributed by atoms with E-state index < -0.39 is 12.1 Å². The molecule has 1 unspecified atom stereocenters. The van der Waals surface area contributed by atoms with Gasteiger partial charge in [-0.3, -0.25) is 14.4 Å². The van der Waals surface area contributed by atoms with Gasteiger partial charge in [0.1, 0.15) is 13.2 Å². The van der Waals surface area contributed by atoms with Crippen molar-refractivity contribution in [3.63, 3.8) is 0 Å². The maximum atomic E-state index is 12.6. The molecule has 0 bridgehead atoms. The minimum atomic E-state index is -0.825. The smallest absolute Gasteiger partial charge is 0.306 e. The van der Waals surface area contributed by atoms with Crippen molar-refractivity contribution >= 4 is 17.9 Å². The van der Waals surface area contributed by atoms with Crippen LogP contribution in [-0.4, -0.2) is 37.2 Å². The van der Waals surface area contributed by atoms with Gasteiger partial charge in [0.25, 0.3) is 0 Å². The Balaban J connectivity index is 4.37. The summed E-state index contributed by atoms with van der Waals surface area (Å²) in [5.74, 6) is -1.05. The molecule has 6 heteroatoms. The zero-order valence-corrected chi connectivity index (χ0v) is 38.2. The number of allylic oxidation sites excluding steroid dienone is 20. The van der Waals surface area contributed by atoms with E-state index in [9.17, 15) is 14.4 Å². The highest BCUT2D eigenvalue weighted by molar-refractivity contribution is 5.71. The molecule has 0 saturated heterocycles. The van der Waals surface area contributed by atoms with E-state index in [1.54, 1.807) is 0 Å². The summed E-state index contributed by atoms with van der Waals surface area (Å²) in [7, 11) is 0. The van der Waals surface area contributed by atoms with Gasteiger partial charge in [0.2, 0.25) is 0 Å². The minimum absolute atomic E-state index is 0.119. The molecule has 60 heavy (non-hydrogen) atoms. The van der Waals surface area contributed by atoms with Crippen molar-refractivity contribution in [2.45, 2.75) is 187 Å². The molecule has 0 heterocycles. The van der Waals surface area contributed by atoms with Crippen LogP contribution in [0.3, 0.4) is 0 Å². The normalized spacial score (nSPS) is 13.2. The molecular formula is C54H84O6. The Labute approximate surface area is 367 Å². The number of hydrogen-bond acceptors (Lipinski definition) is 6.